The van der Waals surface area contributed by atoms with E-state index in [0.717, 1.165) is 11.1 Å². The van der Waals surface area contributed by atoms with Crippen molar-refractivity contribution in [3.63, 3.8) is 0 Å². The average Bonchev–Trinajstić information content (AvgIpc) is 2.89. The molecule has 4 aromatic carbocycles. The van der Waals surface area contributed by atoms with Gasteiger partial charge >= 0.3 is 11.9 Å². The number of hydrogen-bond acceptors (Lipinski definition) is 2. The van der Waals surface area contributed by atoms with Gasteiger partial charge in [0, 0.05) is 11.1 Å². The number of carbonyl (C=O) groups is 2. The lowest BCUT2D eigenvalue weighted by Crippen LogP contribution is -2.07. The Balaban J connectivity index is 0.000000201. The molecule has 4 aromatic rings. The highest BCUT2D eigenvalue weighted by molar-refractivity contribution is 5.77. The molecule has 2 unspecified atom stereocenters. The van der Waals surface area contributed by atoms with Crippen LogP contribution in [0.4, 0.5) is 8.78 Å². The highest BCUT2D eigenvalue weighted by Gasteiger charge is 2.17. The van der Waals surface area contributed by atoms with E-state index in [2.05, 4.69) is 0 Å². The summed E-state index contributed by atoms with van der Waals surface area (Å²) in [5.74, 6) is -4.11. The highest BCUT2D eigenvalue weighted by atomic mass is 19.1. The third-order valence-electron chi connectivity index (χ3n) is 5.90. The smallest absolute Gasteiger partial charge is 0.310 e. The van der Waals surface area contributed by atoms with Crippen LogP contribution in [-0.2, 0) is 9.59 Å². The predicted octanol–water partition coefficient (Wildman–Crippen LogP) is 7.36. The van der Waals surface area contributed by atoms with Crippen LogP contribution in [0, 0.1) is 11.6 Å². The van der Waals surface area contributed by atoms with Crippen LogP contribution in [0.15, 0.2) is 97.1 Å². The fraction of sp³-hybridized carbons (Fsp3) is 0.133. The quantitative estimate of drug-likeness (QED) is 0.297. The molecule has 0 spiro atoms. The monoisotopic (exact) mass is 488 g/mol. The van der Waals surface area contributed by atoms with Crippen LogP contribution in [0.5, 0.6) is 0 Å². The summed E-state index contributed by atoms with van der Waals surface area (Å²) in [6, 6.07) is 27.5. The Kier molecular flexibility index (Phi) is 8.68. The van der Waals surface area contributed by atoms with Gasteiger partial charge in [0.15, 0.2) is 0 Å². The van der Waals surface area contributed by atoms with E-state index in [4.69, 9.17) is 10.2 Å². The van der Waals surface area contributed by atoms with E-state index >= 15 is 0 Å². The molecule has 0 aliphatic rings. The second kappa shape index (κ2) is 11.9. The number of aliphatic carboxylic acids is 2. The first-order valence-electron chi connectivity index (χ1n) is 11.3. The van der Waals surface area contributed by atoms with Crippen LogP contribution < -0.4 is 0 Å². The molecule has 0 radical (unpaired) electrons. The van der Waals surface area contributed by atoms with Gasteiger partial charge in [0.1, 0.15) is 11.6 Å². The molecule has 0 aliphatic heterocycles. The molecule has 6 heteroatoms. The van der Waals surface area contributed by atoms with Gasteiger partial charge in [-0.05, 0) is 48.2 Å². The molecule has 0 fully saturated rings. The zero-order chi connectivity index (χ0) is 26.2. The molecule has 2 atom stereocenters. The predicted molar refractivity (Wildman–Crippen MR) is 136 cm³/mol. The molecular formula is C30H26F2O4. The van der Waals surface area contributed by atoms with Crippen LogP contribution in [0.2, 0.25) is 0 Å². The van der Waals surface area contributed by atoms with E-state index in [1.54, 1.807) is 38.1 Å². The summed E-state index contributed by atoms with van der Waals surface area (Å²) in [4.78, 5) is 21.7. The number of hydrogen-bond donors (Lipinski definition) is 2. The molecule has 0 saturated carbocycles. The van der Waals surface area contributed by atoms with E-state index in [9.17, 15) is 18.4 Å². The normalized spacial score (nSPS) is 12.1. The fourth-order valence-corrected chi connectivity index (χ4v) is 3.59. The lowest BCUT2D eigenvalue weighted by atomic mass is 9.97. The molecule has 4 nitrogen and oxygen atoms in total. The summed E-state index contributed by atoms with van der Waals surface area (Å²) < 4.78 is 27.9. The van der Waals surface area contributed by atoms with Gasteiger partial charge in [0.05, 0.1) is 11.8 Å². The lowest BCUT2D eigenvalue weighted by Gasteiger charge is -2.09. The number of carboxylic acids is 2. The van der Waals surface area contributed by atoms with E-state index < -0.39 is 35.4 Å². The molecule has 0 aliphatic carbocycles. The number of halogens is 2. The summed E-state index contributed by atoms with van der Waals surface area (Å²) >= 11 is 0. The summed E-state index contributed by atoms with van der Waals surface area (Å²) in [5.41, 5.74) is 3.47. The molecule has 4 rings (SSSR count). The lowest BCUT2D eigenvalue weighted by molar-refractivity contribution is -0.139. The highest BCUT2D eigenvalue weighted by Crippen LogP contribution is 2.27. The number of rotatable bonds is 6. The van der Waals surface area contributed by atoms with Crippen molar-refractivity contribution in [2.45, 2.75) is 25.7 Å². The van der Waals surface area contributed by atoms with Crippen molar-refractivity contribution in [1.29, 1.82) is 0 Å². The van der Waals surface area contributed by atoms with Gasteiger partial charge in [-0.1, -0.05) is 84.9 Å². The summed E-state index contributed by atoms with van der Waals surface area (Å²) in [6.45, 7) is 3.08. The zero-order valence-electron chi connectivity index (χ0n) is 19.9. The molecule has 0 aromatic heterocycles. The topological polar surface area (TPSA) is 74.6 Å². The van der Waals surface area contributed by atoms with Gasteiger partial charge in [-0.3, -0.25) is 9.59 Å². The van der Waals surface area contributed by atoms with Gasteiger partial charge in [0.2, 0.25) is 0 Å². The largest absolute Gasteiger partial charge is 0.481 e. The van der Waals surface area contributed by atoms with Gasteiger partial charge < -0.3 is 10.2 Å². The molecule has 0 heterocycles. The van der Waals surface area contributed by atoms with Crippen LogP contribution in [0.25, 0.3) is 22.3 Å². The first-order valence-corrected chi connectivity index (χ1v) is 11.3. The molecule has 2 N–H and O–H groups in total. The maximum atomic E-state index is 14.0. The number of carboxylic acid groups (broad SMARTS) is 2. The Morgan fingerprint density at radius 1 is 0.583 bits per heavy atom. The first-order chi connectivity index (χ1) is 17.2. The second-order valence-corrected chi connectivity index (χ2v) is 8.33. The van der Waals surface area contributed by atoms with Crippen molar-refractivity contribution in [3.8, 4) is 22.3 Å². The fourth-order valence-electron chi connectivity index (χ4n) is 3.59. The minimum absolute atomic E-state index is 0.396. The first kappa shape index (κ1) is 26.3. The van der Waals surface area contributed by atoms with Crippen molar-refractivity contribution in [2.75, 3.05) is 0 Å². The molecule has 0 saturated heterocycles. The zero-order valence-corrected chi connectivity index (χ0v) is 19.9. The third-order valence-corrected chi connectivity index (χ3v) is 5.90. The molecule has 0 amide bonds. The molecule has 184 valence electrons. The van der Waals surface area contributed by atoms with Crippen molar-refractivity contribution in [3.05, 3.63) is 120 Å². The molecule has 0 bridgehead atoms. The van der Waals surface area contributed by atoms with Crippen molar-refractivity contribution < 1.29 is 28.6 Å². The van der Waals surface area contributed by atoms with Crippen molar-refractivity contribution >= 4 is 11.9 Å². The van der Waals surface area contributed by atoms with Gasteiger partial charge in [-0.15, -0.1) is 0 Å². The van der Waals surface area contributed by atoms with E-state index in [1.807, 2.05) is 60.7 Å². The van der Waals surface area contributed by atoms with Gasteiger partial charge in [-0.2, -0.15) is 0 Å². The average molecular weight is 489 g/mol. The van der Waals surface area contributed by atoms with Gasteiger partial charge in [0.25, 0.3) is 0 Å². The minimum Gasteiger partial charge on any atom is -0.481 e. The van der Waals surface area contributed by atoms with E-state index in [1.165, 1.54) is 12.1 Å². The molecule has 36 heavy (non-hydrogen) atoms. The standard InChI is InChI=1S/2C15H13FO2/c2*1-10(15(17)18)12-7-8-13(14(16)9-12)11-5-3-2-4-6-11/h2*2-10H,1H3,(H,17,18). The van der Waals surface area contributed by atoms with E-state index in [0.29, 0.717) is 22.3 Å². The van der Waals surface area contributed by atoms with E-state index in [-0.39, 0.29) is 0 Å². The second-order valence-electron chi connectivity index (χ2n) is 8.33. The Morgan fingerprint density at radius 2 is 0.917 bits per heavy atom. The SMILES string of the molecule is CC(C(=O)O)c1ccc(-c2ccccc2)c(F)c1.CC(C(=O)O)c1ccc(-c2ccccc2)c(F)c1. The maximum Gasteiger partial charge on any atom is 0.310 e. The summed E-state index contributed by atoms with van der Waals surface area (Å²) in [7, 11) is 0. The third kappa shape index (κ3) is 6.42. The Morgan fingerprint density at radius 3 is 1.19 bits per heavy atom. The van der Waals surface area contributed by atoms with Crippen molar-refractivity contribution in [1.82, 2.24) is 0 Å². The Labute approximate surface area is 208 Å². The summed E-state index contributed by atoms with van der Waals surface area (Å²) in [6.07, 6.45) is 0. The molecular weight excluding hydrogens is 462 g/mol. The van der Waals surface area contributed by atoms with Gasteiger partial charge in [-0.25, -0.2) is 8.78 Å². The summed E-state index contributed by atoms with van der Waals surface area (Å²) in [5, 5.41) is 17.8. The minimum atomic E-state index is -0.957. The maximum absolute atomic E-state index is 14.0. The van der Waals surface area contributed by atoms with Crippen LogP contribution in [0.1, 0.15) is 36.8 Å². The van der Waals surface area contributed by atoms with Crippen LogP contribution in [-0.4, -0.2) is 22.2 Å². The Hall–Kier alpha value is -4.32. The van der Waals surface area contributed by atoms with Crippen LogP contribution in [0.3, 0.4) is 0 Å². The van der Waals surface area contributed by atoms with Crippen molar-refractivity contribution in [2.24, 2.45) is 0 Å². The van der Waals surface area contributed by atoms with Crippen LogP contribution >= 0.6 is 0 Å². The number of benzene rings is 4. The Bertz CT molecular complexity index is 1230.